The summed E-state index contributed by atoms with van der Waals surface area (Å²) < 4.78 is 16.5. The Bertz CT molecular complexity index is 625. The van der Waals surface area contributed by atoms with Crippen LogP contribution in [0, 0.1) is 5.92 Å². The van der Waals surface area contributed by atoms with E-state index >= 15 is 0 Å². The Morgan fingerprint density at radius 3 is 2.44 bits per heavy atom. The summed E-state index contributed by atoms with van der Waals surface area (Å²) in [5.74, 6) is 2.76. The Balaban J connectivity index is 1.79. The molecule has 6 heteroatoms. The predicted octanol–water partition coefficient (Wildman–Crippen LogP) is 3.35. The molecule has 1 saturated heterocycles. The third-order valence-corrected chi connectivity index (χ3v) is 5.19. The summed E-state index contributed by atoms with van der Waals surface area (Å²) in [5, 5.41) is 3.53. The van der Waals surface area contributed by atoms with Crippen molar-refractivity contribution in [3.63, 3.8) is 0 Å². The van der Waals surface area contributed by atoms with Crippen LogP contribution in [0.15, 0.2) is 11.1 Å². The van der Waals surface area contributed by atoms with E-state index in [2.05, 4.69) is 17.1 Å². The summed E-state index contributed by atoms with van der Waals surface area (Å²) >= 11 is 0. The van der Waals surface area contributed by atoms with E-state index in [1.165, 1.54) is 25.7 Å². The molecule has 0 aromatic heterocycles. The van der Waals surface area contributed by atoms with Gasteiger partial charge in [-0.2, -0.15) is 0 Å². The van der Waals surface area contributed by atoms with Crippen LogP contribution < -0.4 is 19.5 Å². The number of rotatable bonds is 6. The quantitative estimate of drug-likeness (QED) is 0.855. The van der Waals surface area contributed by atoms with E-state index in [1.54, 1.807) is 21.3 Å². The molecule has 0 radical (unpaired) electrons. The normalized spacial score (nSPS) is 20.7. The van der Waals surface area contributed by atoms with E-state index in [0.29, 0.717) is 17.2 Å². The highest BCUT2D eigenvalue weighted by Crippen LogP contribution is 2.44. The van der Waals surface area contributed by atoms with Crippen LogP contribution in [0.3, 0.4) is 0 Å². The lowest BCUT2D eigenvalue weighted by Gasteiger charge is -2.37. The maximum atomic E-state index is 5.55. The van der Waals surface area contributed by atoms with E-state index in [4.69, 9.17) is 19.2 Å². The first-order valence-corrected chi connectivity index (χ1v) is 9.08. The number of likely N-dealkylation sites (tertiary alicyclic amines) is 1. The number of nitrogens with zero attached hydrogens (tertiary/aromatic N) is 2. The first-order valence-electron chi connectivity index (χ1n) is 9.08. The fourth-order valence-electron chi connectivity index (χ4n) is 3.83. The number of benzene rings is 1. The number of aliphatic imine (C=N–C) groups is 1. The van der Waals surface area contributed by atoms with E-state index in [-0.39, 0.29) is 6.29 Å². The van der Waals surface area contributed by atoms with Crippen molar-refractivity contribution in [2.24, 2.45) is 10.9 Å². The van der Waals surface area contributed by atoms with E-state index in [0.717, 1.165) is 30.3 Å². The van der Waals surface area contributed by atoms with Crippen molar-refractivity contribution in [1.29, 1.82) is 0 Å². The molecule has 0 spiro atoms. The molecule has 25 heavy (non-hydrogen) atoms. The van der Waals surface area contributed by atoms with E-state index < -0.39 is 0 Å². The van der Waals surface area contributed by atoms with Crippen molar-refractivity contribution in [1.82, 2.24) is 4.90 Å². The first kappa shape index (κ1) is 17.9. The van der Waals surface area contributed by atoms with Crippen molar-refractivity contribution < 1.29 is 14.2 Å². The molecule has 6 nitrogen and oxygen atoms in total. The molecular formula is C19H29N3O3. The van der Waals surface area contributed by atoms with Gasteiger partial charge in [0.25, 0.3) is 0 Å². The molecule has 138 valence electrons. The molecule has 1 fully saturated rings. The number of hydrogen-bond acceptors (Lipinski definition) is 6. The second-order valence-corrected chi connectivity index (χ2v) is 6.67. The molecule has 1 unspecified atom stereocenters. The number of anilines is 1. The lowest BCUT2D eigenvalue weighted by atomic mass is 9.92. The third-order valence-electron chi connectivity index (χ3n) is 5.19. The highest BCUT2D eigenvalue weighted by atomic mass is 16.5. The van der Waals surface area contributed by atoms with Crippen LogP contribution in [0.25, 0.3) is 0 Å². The van der Waals surface area contributed by atoms with E-state index in [1.807, 2.05) is 12.3 Å². The van der Waals surface area contributed by atoms with Crippen LogP contribution in [-0.2, 0) is 0 Å². The van der Waals surface area contributed by atoms with Gasteiger partial charge in [-0.15, -0.1) is 0 Å². The van der Waals surface area contributed by atoms with Crippen molar-refractivity contribution >= 4 is 11.9 Å². The van der Waals surface area contributed by atoms with Gasteiger partial charge >= 0.3 is 0 Å². The van der Waals surface area contributed by atoms with Gasteiger partial charge in [0.05, 0.1) is 32.6 Å². The number of nitrogens with one attached hydrogen (secondary N) is 1. The molecule has 3 rings (SSSR count). The Kier molecular flexibility index (Phi) is 5.68. The van der Waals surface area contributed by atoms with Crippen LogP contribution in [0.2, 0.25) is 0 Å². The summed E-state index contributed by atoms with van der Waals surface area (Å²) in [4.78, 5) is 7.13. The van der Waals surface area contributed by atoms with Gasteiger partial charge in [0.2, 0.25) is 5.75 Å². The molecule has 2 heterocycles. The lowest BCUT2D eigenvalue weighted by molar-refractivity contribution is 0.144. The SMILES string of the molecule is CCCC1CCN(C2N=Cc3c(cc(OC)c(OC)c3OC)N2)CC1. The van der Waals surface area contributed by atoms with Crippen LogP contribution in [0.1, 0.15) is 38.2 Å². The number of hydrogen-bond donors (Lipinski definition) is 1. The Morgan fingerprint density at radius 2 is 1.84 bits per heavy atom. The zero-order valence-corrected chi connectivity index (χ0v) is 15.7. The van der Waals surface area contributed by atoms with Crippen molar-refractivity contribution in [2.45, 2.75) is 38.9 Å². The molecule has 0 aliphatic carbocycles. The molecule has 0 saturated carbocycles. The maximum Gasteiger partial charge on any atom is 0.204 e. The average Bonchev–Trinajstić information content (AvgIpc) is 2.66. The molecule has 2 aliphatic rings. The third kappa shape index (κ3) is 3.54. The number of ether oxygens (including phenoxy) is 3. The molecule has 1 aromatic rings. The van der Waals surface area contributed by atoms with Crippen LogP contribution in [0.5, 0.6) is 17.2 Å². The van der Waals surface area contributed by atoms with Crippen molar-refractivity contribution in [3.8, 4) is 17.2 Å². The second-order valence-electron chi connectivity index (χ2n) is 6.67. The molecular weight excluding hydrogens is 318 g/mol. The second kappa shape index (κ2) is 7.95. The zero-order valence-electron chi connectivity index (χ0n) is 15.7. The summed E-state index contributed by atoms with van der Waals surface area (Å²) in [6.07, 6.45) is 6.98. The number of fused-ring (bicyclic) bond motifs is 1. The highest BCUT2D eigenvalue weighted by Gasteiger charge is 2.29. The molecule has 1 aromatic carbocycles. The maximum absolute atomic E-state index is 5.55. The summed E-state index contributed by atoms with van der Waals surface area (Å²) in [5.41, 5.74) is 1.86. The topological polar surface area (TPSA) is 55.3 Å². The first-order chi connectivity index (χ1) is 12.2. The Labute approximate surface area is 150 Å². The van der Waals surface area contributed by atoms with E-state index in [9.17, 15) is 0 Å². The fraction of sp³-hybridized carbons (Fsp3) is 0.632. The summed E-state index contributed by atoms with van der Waals surface area (Å²) in [6.45, 7) is 4.43. The minimum atomic E-state index is -0.0297. The van der Waals surface area contributed by atoms with Gasteiger partial charge in [-0.25, -0.2) is 0 Å². The van der Waals surface area contributed by atoms with Gasteiger partial charge in [-0.3, -0.25) is 9.89 Å². The van der Waals surface area contributed by atoms with Gasteiger partial charge in [-0.1, -0.05) is 19.8 Å². The smallest absolute Gasteiger partial charge is 0.204 e. The van der Waals surface area contributed by atoms with Crippen LogP contribution >= 0.6 is 0 Å². The molecule has 2 aliphatic heterocycles. The summed E-state index contributed by atoms with van der Waals surface area (Å²) in [7, 11) is 4.88. The summed E-state index contributed by atoms with van der Waals surface area (Å²) in [6, 6.07) is 1.96. The number of methoxy groups -OCH3 is 3. The largest absolute Gasteiger partial charge is 0.493 e. The minimum absolute atomic E-state index is 0.0297. The van der Waals surface area contributed by atoms with Gasteiger partial charge in [-0.05, 0) is 18.8 Å². The fourth-order valence-corrected chi connectivity index (χ4v) is 3.83. The minimum Gasteiger partial charge on any atom is -0.493 e. The monoisotopic (exact) mass is 347 g/mol. The average molecular weight is 347 g/mol. The zero-order chi connectivity index (χ0) is 17.8. The highest BCUT2D eigenvalue weighted by molar-refractivity contribution is 5.95. The van der Waals surface area contributed by atoms with Gasteiger partial charge in [0.1, 0.15) is 0 Å². The van der Waals surface area contributed by atoms with Gasteiger partial charge in [0, 0.05) is 25.4 Å². The van der Waals surface area contributed by atoms with Crippen molar-refractivity contribution in [3.05, 3.63) is 11.6 Å². The van der Waals surface area contributed by atoms with Crippen molar-refractivity contribution in [2.75, 3.05) is 39.7 Å². The van der Waals surface area contributed by atoms with Crippen LogP contribution in [0.4, 0.5) is 5.69 Å². The Morgan fingerprint density at radius 1 is 1.12 bits per heavy atom. The Hall–Kier alpha value is -1.95. The van der Waals surface area contributed by atoms with Gasteiger partial charge in [0.15, 0.2) is 17.8 Å². The standard InChI is InChI=1S/C19H29N3O3/c1-5-6-13-7-9-22(10-8-13)19-20-12-14-15(21-19)11-16(23-2)18(25-4)17(14)24-3/h11-13,19,21H,5-10H2,1-4H3. The number of piperidine rings is 1. The molecule has 0 amide bonds. The molecule has 0 bridgehead atoms. The lowest BCUT2D eigenvalue weighted by Crippen LogP contribution is -2.45. The predicted molar refractivity (Wildman–Crippen MR) is 100 cm³/mol. The molecule has 1 N–H and O–H groups in total. The van der Waals surface area contributed by atoms with Crippen LogP contribution in [-0.4, -0.2) is 51.8 Å². The van der Waals surface area contributed by atoms with Gasteiger partial charge < -0.3 is 19.5 Å². The molecule has 1 atom stereocenters.